The second kappa shape index (κ2) is 6.23. The molecule has 0 aromatic carbocycles. The maximum Gasteiger partial charge on any atom is 0.234 e. The molecule has 1 aliphatic heterocycles. The quantitative estimate of drug-likeness (QED) is 0.337. The van der Waals surface area contributed by atoms with Crippen LogP contribution in [0.15, 0.2) is 15.9 Å². The van der Waals surface area contributed by atoms with Crippen molar-refractivity contribution in [1.29, 1.82) is 0 Å². The number of nitrogens with one attached hydrogen (secondary N) is 1. The predicted molar refractivity (Wildman–Crippen MR) is 76.8 cm³/mol. The van der Waals surface area contributed by atoms with Gasteiger partial charge in [-0.05, 0) is 41.7 Å². The molecule has 1 aliphatic rings. The van der Waals surface area contributed by atoms with Crippen molar-refractivity contribution >= 4 is 23.1 Å². The molecule has 0 saturated carbocycles. The van der Waals surface area contributed by atoms with E-state index < -0.39 is 5.41 Å². The Bertz CT molecular complexity index is 507. The smallest absolute Gasteiger partial charge is 0.234 e. The van der Waals surface area contributed by atoms with Gasteiger partial charge in [0.1, 0.15) is 5.41 Å². The number of carbonyl (C=O) groups is 1. The van der Waals surface area contributed by atoms with E-state index >= 15 is 0 Å². The summed E-state index contributed by atoms with van der Waals surface area (Å²) in [5.41, 5.74) is 7.03. The van der Waals surface area contributed by atoms with Crippen LogP contribution >= 0.6 is 11.3 Å². The summed E-state index contributed by atoms with van der Waals surface area (Å²) in [6, 6.07) is 0. The second-order valence-corrected chi connectivity index (χ2v) is 5.69. The Hall–Kier alpha value is -1.60. The summed E-state index contributed by atoms with van der Waals surface area (Å²) in [6.45, 7) is 3.32. The zero-order valence-corrected chi connectivity index (χ0v) is 12.2. The Morgan fingerprint density at radius 2 is 2.25 bits per heavy atom. The standard InChI is InChI=1S/C13H19N3O3S/c1-9-7-20-8-10(9)6-15-12(17)13(11(14)16-18)2-4-19-5-3-13/h7-8,18H,2-6H2,1H3,(H2,14,16)(H,15,17). The predicted octanol–water partition coefficient (Wildman–Crippen LogP) is 1.22. The molecule has 0 radical (unpaired) electrons. The summed E-state index contributed by atoms with van der Waals surface area (Å²) in [7, 11) is 0. The first kappa shape index (κ1) is 14.8. The van der Waals surface area contributed by atoms with Gasteiger partial charge in [0.15, 0.2) is 5.84 Å². The third-order valence-corrected chi connectivity index (χ3v) is 4.69. The highest BCUT2D eigenvalue weighted by molar-refractivity contribution is 7.08. The van der Waals surface area contributed by atoms with Crippen LogP contribution in [0.4, 0.5) is 0 Å². The molecule has 110 valence electrons. The van der Waals surface area contributed by atoms with Crippen molar-refractivity contribution in [1.82, 2.24) is 5.32 Å². The van der Waals surface area contributed by atoms with Gasteiger partial charge in [0.25, 0.3) is 0 Å². The molecule has 0 bridgehead atoms. The number of nitrogens with zero attached hydrogens (tertiary/aromatic N) is 1. The Morgan fingerprint density at radius 3 is 2.80 bits per heavy atom. The molecule has 1 fully saturated rings. The Kier molecular flexibility index (Phi) is 4.61. The summed E-state index contributed by atoms with van der Waals surface area (Å²) < 4.78 is 5.27. The number of hydrogen-bond donors (Lipinski definition) is 3. The van der Waals surface area contributed by atoms with E-state index in [9.17, 15) is 4.79 Å². The van der Waals surface area contributed by atoms with Gasteiger partial charge in [0.2, 0.25) is 5.91 Å². The number of oxime groups is 1. The maximum atomic E-state index is 12.5. The zero-order valence-electron chi connectivity index (χ0n) is 11.4. The molecule has 1 saturated heterocycles. The van der Waals surface area contributed by atoms with E-state index in [1.807, 2.05) is 17.7 Å². The number of rotatable bonds is 4. The topological polar surface area (TPSA) is 96.9 Å². The SMILES string of the molecule is Cc1cscc1CNC(=O)C1(/C(N)=N/O)CCOCC1. The monoisotopic (exact) mass is 297 g/mol. The summed E-state index contributed by atoms with van der Waals surface area (Å²) in [4.78, 5) is 12.5. The number of hydrogen-bond acceptors (Lipinski definition) is 5. The molecule has 1 amide bonds. The molecule has 0 aliphatic carbocycles. The Labute approximate surface area is 121 Å². The van der Waals surface area contributed by atoms with Crippen molar-refractivity contribution in [2.24, 2.45) is 16.3 Å². The van der Waals surface area contributed by atoms with Crippen molar-refractivity contribution in [2.45, 2.75) is 26.3 Å². The van der Waals surface area contributed by atoms with Gasteiger partial charge in [-0.25, -0.2) is 0 Å². The van der Waals surface area contributed by atoms with E-state index in [4.69, 9.17) is 15.7 Å². The lowest BCUT2D eigenvalue weighted by Gasteiger charge is -2.34. The molecular formula is C13H19N3O3S. The van der Waals surface area contributed by atoms with Crippen LogP contribution < -0.4 is 11.1 Å². The second-order valence-electron chi connectivity index (χ2n) is 4.94. The van der Waals surface area contributed by atoms with Crippen LogP contribution in [0, 0.1) is 12.3 Å². The number of carbonyl (C=O) groups excluding carboxylic acids is 1. The summed E-state index contributed by atoms with van der Waals surface area (Å²) >= 11 is 1.60. The van der Waals surface area contributed by atoms with Gasteiger partial charge in [-0.1, -0.05) is 5.16 Å². The van der Waals surface area contributed by atoms with E-state index in [2.05, 4.69) is 10.5 Å². The number of nitrogens with two attached hydrogens (primary N) is 1. The summed E-state index contributed by atoms with van der Waals surface area (Å²) in [5.74, 6) is -0.248. The minimum Gasteiger partial charge on any atom is -0.409 e. The first-order chi connectivity index (χ1) is 9.60. The van der Waals surface area contributed by atoms with Gasteiger partial charge in [-0.15, -0.1) is 0 Å². The molecule has 1 aromatic rings. The number of ether oxygens (including phenoxy) is 1. The minimum atomic E-state index is -0.961. The van der Waals surface area contributed by atoms with Crippen molar-refractivity contribution in [3.63, 3.8) is 0 Å². The van der Waals surface area contributed by atoms with E-state index in [-0.39, 0.29) is 11.7 Å². The van der Waals surface area contributed by atoms with Gasteiger partial charge in [0, 0.05) is 19.8 Å². The average Bonchev–Trinajstić information content (AvgIpc) is 2.89. The molecule has 7 heteroatoms. The molecule has 20 heavy (non-hydrogen) atoms. The van der Waals surface area contributed by atoms with Crippen LogP contribution in [-0.4, -0.2) is 30.2 Å². The number of thiophene rings is 1. The van der Waals surface area contributed by atoms with Crippen LogP contribution in [0.25, 0.3) is 0 Å². The first-order valence-electron chi connectivity index (χ1n) is 6.46. The van der Waals surface area contributed by atoms with Gasteiger partial charge in [-0.3, -0.25) is 4.79 Å². The molecule has 1 aromatic heterocycles. The fourth-order valence-electron chi connectivity index (χ4n) is 2.33. The number of aryl methyl sites for hydroxylation is 1. The van der Waals surface area contributed by atoms with Gasteiger partial charge in [-0.2, -0.15) is 11.3 Å². The van der Waals surface area contributed by atoms with Gasteiger partial charge >= 0.3 is 0 Å². The number of amidine groups is 1. The van der Waals surface area contributed by atoms with Crippen molar-refractivity contribution in [3.8, 4) is 0 Å². The lowest BCUT2D eigenvalue weighted by atomic mass is 9.78. The van der Waals surface area contributed by atoms with E-state index in [0.717, 1.165) is 11.1 Å². The highest BCUT2D eigenvalue weighted by atomic mass is 32.1. The molecule has 4 N–H and O–H groups in total. The van der Waals surface area contributed by atoms with Gasteiger partial charge < -0.3 is 21.0 Å². The summed E-state index contributed by atoms with van der Waals surface area (Å²) in [6.07, 6.45) is 0.856. The maximum absolute atomic E-state index is 12.5. The van der Waals surface area contributed by atoms with Crippen LogP contribution in [0.2, 0.25) is 0 Å². The number of amides is 1. The molecule has 2 heterocycles. The Balaban J connectivity index is 2.09. The molecule has 6 nitrogen and oxygen atoms in total. The molecular weight excluding hydrogens is 278 g/mol. The highest BCUT2D eigenvalue weighted by Gasteiger charge is 2.44. The third kappa shape index (κ3) is 2.78. The van der Waals surface area contributed by atoms with E-state index in [1.165, 1.54) is 0 Å². The Morgan fingerprint density at radius 1 is 1.55 bits per heavy atom. The van der Waals surface area contributed by atoms with Crippen molar-refractivity contribution in [3.05, 3.63) is 21.9 Å². The lowest BCUT2D eigenvalue weighted by Crippen LogP contribution is -2.52. The molecule has 2 rings (SSSR count). The normalized spacial score (nSPS) is 18.8. The zero-order chi connectivity index (χ0) is 14.6. The van der Waals surface area contributed by atoms with E-state index in [0.29, 0.717) is 32.6 Å². The van der Waals surface area contributed by atoms with Crippen molar-refractivity contribution in [2.75, 3.05) is 13.2 Å². The highest BCUT2D eigenvalue weighted by Crippen LogP contribution is 2.31. The molecule has 0 atom stereocenters. The van der Waals surface area contributed by atoms with Crippen molar-refractivity contribution < 1.29 is 14.7 Å². The van der Waals surface area contributed by atoms with Crippen LogP contribution in [0.5, 0.6) is 0 Å². The molecule has 0 spiro atoms. The summed E-state index contributed by atoms with van der Waals surface area (Å²) in [5, 5.41) is 18.9. The van der Waals surface area contributed by atoms with Crippen LogP contribution in [0.3, 0.4) is 0 Å². The fraction of sp³-hybridized carbons (Fsp3) is 0.538. The largest absolute Gasteiger partial charge is 0.409 e. The fourth-order valence-corrected chi connectivity index (χ4v) is 3.18. The van der Waals surface area contributed by atoms with Crippen LogP contribution in [-0.2, 0) is 16.1 Å². The van der Waals surface area contributed by atoms with E-state index in [1.54, 1.807) is 11.3 Å². The molecule has 0 unspecified atom stereocenters. The average molecular weight is 297 g/mol. The van der Waals surface area contributed by atoms with Gasteiger partial charge in [0.05, 0.1) is 0 Å². The lowest BCUT2D eigenvalue weighted by molar-refractivity contribution is -0.131. The third-order valence-electron chi connectivity index (χ3n) is 3.78. The first-order valence-corrected chi connectivity index (χ1v) is 7.40. The van der Waals surface area contributed by atoms with Crippen LogP contribution in [0.1, 0.15) is 24.0 Å². The minimum absolute atomic E-state index is 0.0414.